The first kappa shape index (κ1) is 25.2. The van der Waals surface area contributed by atoms with Crippen molar-refractivity contribution in [3.8, 4) is 11.1 Å². The molecule has 1 aliphatic carbocycles. The van der Waals surface area contributed by atoms with Gasteiger partial charge < -0.3 is 25.2 Å². The molecule has 0 saturated heterocycles. The highest BCUT2D eigenvalue weighted by molar-refractivity contribution is 5.90. The number of alkyl carbamates (subject to hydrolysis) is 1. The number of nitrogens with one attached hydrogen (secondary N) is 2. The van der Waals surface area contributed by atoms with Crippen molar-refractivity contribution in [2.75, 3.05) is 13.7 Å². The molecule has 0 aromatic heterocycles. The smallest absolute Gasteiger partial charge is 0.407 e. The van der Waals surface area contributed by atoms with Gasteiger partial charge in [0.25, 0.3) is 0 Å². The van der Waals surface area contributed by atoms with Crippen LogP contribution in [0.15, 0.2) is 48.5 Å². The van der Waals surface area contributed by atoms with Crippen molar-refractivity contribution in [1.82, 2.24) is 10.6 Å². The second-order valence-electron chi connectivity index (χ2n) is 9.53. The van der Waals surface area contributed by atoms with Crippen molar-refractivity contribution in [1.29, 1.82) is 0 Å². The van der Waals surface area contributed by atoms with Gasteiger partial charge in [-0.2, -0.15) is 0 Å². The number of methoxy groups -OCH3 is 1. The molecule has 8 nitrogen and oxygen atoms in total. The maximum atomic E-state index is 12.9. The summed E-state index contributed by atoms with van der Waals surface area (Å²) in [6, 6.07) is 13.7. The van der Waals surface area contributed by atoms with E-state index in [2.05, 4.69) is 10.6 Å². The molecular formula is C26H32N2O6. The number of carboxylic acid groups (broad SMARTS) is 1. The largest absolute Gasteiger partial charge is 0.480 e. The van der Waals surface area contributed by atoms with Crippen LogP contribution in [0.25, 0.3) is 11.1 Å². The van der Waals surface area contributed by atoms with Crippen molar-refractivity contribution in [3.63, 3.8) is 0 Å². The maximum absolute atomic E-state index is 12.9. The summed E-state index contributed by atoms with van der Waals surface area (Å²) in [4.78, 5) is 37.3. The van der Waals surface area contributed by atoms with Crippen LogP contribution in [0.4, 0.5) is 4.79 Å². The van der Waals surface area contributed by atoms with Gasteiger partial charge in [0.2, 0.25) is 5.91 Å². The summed E-state index contributed by atoms with van der Waals surface area (Å²) in [5, 5.41) is 14.5. The molecule has 2 aromatic carbocycles. The van der Waals surface area contributed by atoms with E-state index in [1.807, 2.05) is 48.5 Å². The van der Waals surface area contributed by atoms with E-state index >= 15 is 0 Å². The number of carboxylic acids is 1. The first-order valence-corrected chi connectivity index (χ1v) is 11.2. The lowest BCUT2D eigenvalue weighted by atomic mass is 9.86. The summed E-state index contributed by atoms with van der Waals surface area (Å²) in [6.45, 7) is 6.98. The molecule has 0 heterocycles. The number of ether oxygens (including phenoxy) is 2. The molecule has 1 aliphatic rings. The van der Waals surface area contributed by atoms with Crippen LogP contribution < -0.4 is 10.6 Å². The average molecular weight is 469 g/mol. The van der Waals surface area contributed by atoms with Gasteiger partial charge in [-0.25, -0.2) is 9.59 Å². The van der Waals surface area contributed by atoms with Crippen LogP contribution in [-0.2, 0) is 19.1 Å². The summed E-state index contributed by atoms with van der Waals surface area (Å²) in [5.41, 5.74) is 3.70. The lowest BCUT2D eigenvalue weighted by Gasteiger charge is -2.32. The van der Waals surface area contributed by atoms with E-state index < -0.39 is 41.6 Å². The Hall–Kier alpha value is -3.39. The monoisotopic (exact) mass is 468 g/mol. The standard InChI is InChI=1S/C26H32N2O6/c1-15(33-5)21(24(30)31)27-23(29)22(26(2,3)4)28-25(32)34-14-20-18-12-8-6-10-16(18)17-11-7-9-13-19(17)20/h6-13,15,20-22H,14H2,1-5H3,(H,27,29)(H,28,32)(H,30,31)/t15?,21?,22-/m0/s1. The van der Waals surface area contributed by atoms with Crippen molar-refractivity contribution in [3.05, 3.63) is 59.7 Å². The summed E-state index contributed by atoms with van der Waals surface area (Å²) >= 11 is 0. The van der Waals surface area contributed by atoms with Gasteiger partial charge in [-0.05, 0) is 34.6 Å². The van der Waals surface area contributed by atoms with Crippen LogP contribution in [0.3, 0.4) is 0 Å². The molecule has 3 atom stereocenters. The topological polar surface area (TPSA) is 114 Å². The molecule has 3 N–H and O–H groups in total. The van der Waals surface area contributed by atoms with Crippen LogP contribution in [0.2, 0.25) is 0 Å². The molecule has 2 amide bonds. The van der Waals surface area contributed by atoms with E-state index in [0.717, 1.165) is 22.3 Å². The highest BCUT2D eigenvalue weighted by atomic mass is 16.5. The fraction of sp³-hybridized carbons (Fsp3) is 0.423. The fourth-order valence-electron chi connectivity index (χ4n) is 4.19. The normalized spacial score (nSPS) is 15.4. The second-order valence-corrected chi connectivity index (χ2v) is 9.53. The Morgan fingerprint density at radius 3 is 1.97 bits per heavy atom. The predicted octanol–water partition coefficient (Wildman–Crippen LogP) is 3.54. The molecule has 34 heavy (non-hydrogen) atoms. The van der Waals surface area contributed by atoms with Gasteiger partial charge in [-0.1, -0.05) is 69.3 Å². The summed E-state index contributed by atoms with van der Waals surface area (Å²) < 4.78 is 10.6. The van der Waals surface area contributed by atoms with E-state index in [9.17, 15) is 19.5 Å². The number of amides is 2. The van der Waals surface area contributed by atoms with Crippen LogP contribution in [-0.4, -0.2) is 55.0 Å². The first-order chi connectivity index (χ1) is 16.0. The number of carbonyl (C=O) groups is 3. The number of rotatable bonds is 8. The molecule has 182 valence electrons. The van der Waals surface area contributed by atoms with Crippen molar-refractivity contribution in [2.24, 2.45) is 5.41 Å². The number of hydrogen-bond donors (Lipinski definition) is 3. The second kappa shape index (κ2) is 10.3. The Labute approximate surface area is 199 Å². The van der Waals surface area contributed by atoms with Crippen molar-refractivity contribution < 1.29 is 29.0 Å². The van der Waals surface area contributed by atoms with Crippen molar-refractivity contribution in [2.45, 2.75) is 51.8 Å². The predicted molar refractivity (Wildman–Crippen MR) is 127 cm³/mol. The number of fused-ring (bicyclic) bond motifs is 3. The quantitative estimate of drug-likeness (QED) is 0.546. The Morgan fingerprint density at radius 1 is 0.971 bits per heavy atom. The molecule has 3 rings (SSSR count). The van der Waals surface area contributed by atoms with Crippen LogP contribution in [0.1, 0.15) is 44.7 Å². The highest BCUT2D eigenvalue weighted by Gasteiger charge is 2.37. The van der Waals surface area contributed by atoms with E-state index in [0.29, 0.717) is 0 Å². The molecule has 0 bridgehead atoms. The summed E-state index contributed by atoms with van der Waals surface area (Å²) in [7, 11) is 1.36. The maximum Gasteiger partial charge on any atom is 0.407 e. The van der Waals surface area contributed by atoms with Crippen molar-refractivity contribution >= 4 is 18.0 Å². The zero-order valence-electron chi connectivity index (χ0n) is 20.1. The zero-order valence-corrected chi connectivity index (χ0v) is 20.1. The number of benzene rings is 2. The molecule has 2 unspecified atom stereocenters. The third-order valence-electron chi connectivity index (χ3n) is 6.14. The minimum Gasteiger partial charge on any atom is -0.480 e. The fourth-order valence-corrected chi connectivity index (χ4v) is 4.19. The Morgan fingerprint density at radius 2 is 1.50 bits per heavy atom. The molecule has 0 fully saturated rings. The van der Waals surface area contributed by atoms with E-state index in [1.54, 1.807) is 27.7 Å². The lowest BCUT2D eigenvalue weighted by molar-refractivity contribution is -0.146. The molecule has 0 radical (unpaired) electrons. The van der Waals surface area contributed by atoms with E-state index in [4.69, 9.17) is 9.47 Å². The minimum atomic E-state index is -1.26. The molecule has 0 spiro atoms. The van der Waals surface area contributed by atoms with Gasteiger partial charge in [-0.3, -0.25) is 4.79 Å². The Balaban J connectivity index is 1.70. The van der Waals surface area contributed by atoms with Gasteiger partial charge in [0.1, 0.15) is 12.6 Å². The van der Waals surface area contributed by atoms with Crippen LogP contribution in [0.5, 0.6) is 0 Å². The van der Waals surface area contributed by atoms with Crippen LogP contribution >= 0.6 is 0 Å². The van der Waals surface area contributed by atoms with E-state index in [1.165, 1.54) is 7.11 Å². The van der Waals surface area contributed by atoms with Gasteiger partial charge in [0, 0.05) is 13.0 Å². The highest BCUT2D eigenvalue weighted by Crippen LogP contribution is 2.44. The third kappa shape index (κ3) is 5.39. The van der Waals surface area contributed by atoms with Gasteiger partial charge in [0.15, 0.2) is 6.04 Å². The Kier molecular flexibility index (Phi) is 7.61. The average Bonchev–Trinajstić information content (AvgIpc) is 3.11. The number of carbonyl (C=O) groups excluding carboxylic acids is 2. The molecule has 8 heteroatoms. The summed E-state index contributed by atoms with van der Waals surface area (Å²) in [5.74, 6) is -1.96. The summed E-state index contributed by atoms with van der Waals surface area (Å²) in [6.07, 6.45) is -1.50. The van der Waals surface area contributed by atoms with Gasteiger partial charge >= 0.3 is 12.1 Å². The SMILES string of the molecule is COC(C)C(NC(=O)[C@H](NC(=O)OCC1c2ccccc2-c2ccccc21)C(C)(C)C)C(=O)O. The minimum absolute atomic E-state index is 0.108. The Bertz CT molecular complexity index is 1020. The molecule has 0 aliphatic heterocycles. The van der Waals surface area contributed by atoms with Gasteiger partial charge in [0.05, 0.1) is 6.10 Å². The lowest BCUT2D eigenvalue weighted by Crippen LogP contribution is -2.58. The van der Waals surface area contributed by atoms with Crippen LogP contribution in [0, 0.1) is 5.41 Å². The zero-order chi connectivity index (χ0) is 25.0. The van der Waals surface area contributed by atoms with E-state index in [-0.39, 0.29) is 12.5 Å². The first-order valence-electron chi connectivity index (χ1n) is 11.2. The van der Waals surface area contributed by atoms with Gasteiger partial charge in [-0.15, -0.1) is 0 Å². The number of hydrogen-bond acceptors (Lipinski definition) is 5. The third-order valence-corrected chi connectivity index (χ3v) is 6.14. The molecule has 2 aromatic rings. The molecule has 0 saturated carbocycles. The molecular weight excluding hydrogens is 436 g/mol. The number of aliphatic carboxylic acids is 1.